The molecule has 0 radical (unpaired) electrons. The van der Waals surface area contributed by atoms with Crippen LogP contribution in [-0.4, -0.2) is 73.7 Å². The van der Waals surface area contributed by atoms with Gasteiger partial charge in [0.15, 0.2) is 5.96 Å². The van der Waals surface area contributed by atoms with E-state index in [2.05, 4.69) is 60.0 Å². The Morgan fingerprint density at radius 3 is 2.46 bits per heavy atom. The van der Waals surface area contributed by atoms with E-state index in [1.165, 1.54) is 32.5 Å². The zero-order chi connectivity index (χ0) is 17.7. The van der Waals surface area contributed by atoms with E-state index in [1.807, 2.05) is 7.05 Å². The average Bonchev–Trinajstić information content (AvgIpc) is 2.92. The molecule has 2 aliphatic heterocycles. The van der Waals surface area contributed by atoms with Crippen molar-refractivity contribution in [1.82, 2.24) is 20.4 Å². The van der Waals surface area contributed by atoms with E-state index in [-0.39, 0.29) is 0 Å². The van der Waals surface area contributed by atoms with Crippen LogP contribution >= 0.6 is 0 Å². The number of nitrogens with one attached hydrogen (secondary N) is 2. The Hall–Kier alpha value is -0.810. The lowest BCUT2D eigenvalue weighted by Gasteiger charge is -2.36. The summed E-state index contributed by atoms with van der Waals surface area (Å²) < 4.78 is 0. The molecule has 4 unspecified atom stereocenters. The molecule has 2 N–H and O–H groups in total. The predicted molar refractivity (Wildman–Crippen MR) is 104 cm³/mol. The molecular formula is C19H39N5. The Balaban J connectivity index is 1.78. The molecule has 0 aromatic rings. The molecule has 0 aliphatic carbocycles. The molecule has 0 bridgehead atoms. The van der Waals surface area contributed by atoms with Crippen molar-refractivity contribution in [2.24, 2.45) is 16.8 Å². The van der Waals surface area contributed by atoms with Crippen molar-refractivity contribution in [2.45, 2.75) is 65.6 Å². The van der Waals surface area contributed by atoms with Crippen molar-refractivity contribution in [3.63, 3.8) is 0 Å². The van der Waals surface area contributed by atoms with E-state index in [0.717, 1.165) is 25.0 Å². The molecule has 0 aromatic carbocycles. The molecule has 0 aromatic heterocycles. The van der Waals surface area contributed by atoms with Crippen LogP contribution < -0.4 is 10.6 Å². The smallest absolute Gasteiger partial charge is 0.191 e. The Kier molecular flexibility index (Phi) is 7.35. The second-order valence-electron chi connectivity index (χ2n) is 8.32. The fourth-order valence-corrected chi connectivity index (χ4v) is 3.98. The van der Waals surface area contributed by atoms with Crippen molar-refractivity contribution in [3.8, 4) is 0 Å². The Morgan fingerprint density at radius 1 is 1.12 bits per heavy atom. The van der Waals surface area contributed by atoms with E-state index in [1.54, 1.807) is 0 Å². The molecule has 24 heavy (non-hydrogen) atoms. The van der Waals surface area contributed by atoms with Crippen LogP contribution in [0.25, 0.3) is 0 Å². The molecule has 2 heterocycles. The number of hydrogen-bond acceptors (Lipinski definition) is 3. The number of hydrogen-bond donors (Lipinski definition) is 2. The highest BCUT2D eigenvalue weighted by molar-refractivity contribution is 5.80. The van der Waals surface area contributed by atoms with Gasteiger partial charge in [-0.05, 0) is 52.0 Å². The topological polar surface area (TPSA) is 42.9 Å². The lowest BCUT2D eigenvalue weighted by Crippen LogP contribution is -2.51. The van der Waals surface area contributed by atoms with Crippen LogP contribution in [0.1, 0.15) is 47.5 Å². The molecule has 2 saturated heterocycles. The van der Waals surface area contributed by atoms with E-state index < -0.39 is 0 Å². The van der Waals surface area contributed by atoms with Crippen LogP contribution in [0.4, 0.5) is 0 Å². The quantitative estimate of drug-likeness (QED) is 0.595. The highest BCUT2D eigenvalue weighted by Crippen LogP contribution is 2.19. The Bertz CT molecular complexity index is 409. The van der Waals surface area contributed by atoms with Crippen molar-refractivity contribution in [1.29, 1.82) is 0 Å². The van der Waals surface area contributed by atoms with Crippen molar-refractivity contribution >= 4 is 5.96 Å². The molecule has 0 amide bonds. The number of nitrogens with zero attached hydrogens (tertiary/aromatic N) is 3. The molecule has 0 saturated carbocycles. The third kappa shape index (κ3) is 5.35. The summed E-state index contributed by atoms with van der Waals surface area (Å²) in [5.41, 5.74) is 0. The molecule has 2 aliphatic rings. The van der Waals surface area contributed by atoms with Crippen LogP contribution in [0.2, 0.25) is 0 Å². The Morgan fingerprint density at radius 2 is 1.88 bits per heavy atom. The molecule has 2 rings (SSSR count). The van der Waals surface area contributed by atoms with Gasteiger partial charge >= 0.3 is 0 Å². The third-order valence-corrected chi connectivity index (χ3v) is 5.79. The number of aliphatic imine (C=N–C) groups is 1. The van der Waals surface area contributed by atoms with Crippen molar-refractivity contribution in [3.05, 3.63) is 0 Å². The third-order valence-electron chi connectivity index (χ3n) is 5.79. The zero-order valence-electron chi connectivity index (χ0n) is 16.7. The van der Waals surface area contributed by atoms with Gasteiger partial charge in [-0.1, -0.05) is 13.8 Å². The molecule has 0 spiro atoms. The SMILES string of the molecule is CN=C(NCC(C)N1CCCC(C)C1)NC1CN(C(C)C)CC1C. The molecular weight excluding hydrogens is 298 g/mol. The van der Waals surface area contributed by atoms with Gasteiger partial charge in [-0.25, -0.2) is 0 Å². The predicted octanol–water partition coefficient (Wildman–Crippen LogP) is 2.00. The standard InChI is InChI=1S/C19H39N5/c1-14(2)24-12-16(4)18(13-24)22-19(20-6)21-10-17(5)23-9-7-8-15(3)11-23/h14-18H,7-13H2,1-6H3,(H2,20,21,22). The first-order valence-corrected chi connectivity index (χ1v) is 9.86. The van der Waals surface area contributed by atoms with E-state index >= 15 is 0 Å². The molecule has 5 nitrogen and oxygen atoms in total. The van der Waals surface area contributed by atoms with Crippen LogP contribution in [0, 0.1) is 11.8 Å². The summed E-state index contributed by atoms with van der Waals surface area (Å²) in [5.74, 6) is 2.45. The summed E-state index contributed by atoms with van der Waals surface area (Å²) >= 11 is 0. The normalized spacial score (nSPS) is 31.5. The summed E-state index contributed by atoms with van der Waals surface area (Å²) in [7, 11) is 1.88. The first-order valence-electron chi connectivity index (χ1n) is 9.86. The fourth-order valence-electron chi connectivity index (χ4n) is 3.98. The van der Waals surface area contributed by atoms with E-state index in [4.69, 9.17) is 0 Å². The highest BCUT2D eigenvalue weighted by Gasteiger charge is 2.31. The van der Waals surface area contributed by atoms with Gasteiger partial charge in [-0.15, -0.1) is 0 Å². The number of rotatable bonds is 5. The fraction of sp³-hybridized carbons (Fsp3) is 0.947. The molecule has 4 atom stereocenters. The summed E-state index contributed by atoms with van der Waals surface area (Å²) in [6.07, 6.45) is 2.72. The first kappa shape index (κ1) is 19.5. The highest BCUT2D eigenvalue weighted by atomic mass is 15.3. The minimum Gasteiger partial charge on any atom is -0.355 e. The van der Waals surface area contributed by atoms with Crippen LogP contribution in [0.5, 0.6) is 0 Å². The molecule has 5 heteroatoms. The van der Waals surface area contributed by atoms with Crippen molar-refractivity contribution in [2.75, 3.05) is 39.8 Å². The van der Waals surface area contributed by atoms with Gasteiger partial charge in [-0.2, -0.15) is 0 Å². The lowest BCUT2D eigenvalue weighted by molar-refractivity contribution is 0.139. The second kappa shape index (κ2) is 9.04. The molecule has 140 valence electrons. The van der Waals surface area contributed by atoms with Gasteiger partial charge in [0.2, 0.25) is 0 Å². The van der Waals surface area contributed by atoms with Gasteiger partial charge in [0.05, 0.1) is 0 Å². The minimum absolute atomic E-state index is 0.490. The lowest BCUT2D eigenvalue weighted by atomic mass is 9.99. The van der Waals surface area contributed by atoms with Crippen LogP contribution in [0.15, 0.2) is 4.99 Å². The maximum absolute atomic E-state index is 4.45. The second-order valence-corrected chi connectivity index (χ2v) is 8.32. The van der Waals surface area contributed by atoms with Gasteiger partial charge < -0.3 is 10.6 Å². The maximum Gasteiger partial charge on any atom is 0.191 e. The monoisotopic (exact) mass is 337 g/mol. The summed E-state index contributed by atoms with van der Waals surface area (Å²) in [5, 5.41) is 7.20. The molecule has 2 fully saturated rings. The van der Waals surface area contributed by atoms with E-state index in [0.29, 0.717) is 24.0 Å². The van der Waals surface area contributed by atoms with Crippen LogP contribution in [-0.2, 0) is 0 Å². The summed E-state index contributed by atoms with van der Waals surface area (Å²) in [6.45, 7) is 17.3. The number of likely N-dealkylation sites (tertiary alicyclic amines) is 2. The van der Waals surface area contributed by atoms with Gasteiger partial charge in [-0.3, -0.25) is 14.8 Å². The first-order chi connectivity index (χ1) is 11.4. The van der Waals surface area contributed by atoms with Gasteiger partial charge in [0, 0.05) is 51.4 Å². The number of piperidine rings is 1. The zero-order valence-corrected chi connectivity index (χ0v) is 16.7. The largest absolute Gasteiger partial charge is 0.355 e. The van der Waals surface area contributed by atoms with Gasteiger partial charge in [0.25, 0.3) is 0 Å². The minimum atomic E-state index is 0.490. The van der Waals surface area contributed by atoms with Gasteiger partial charge in [0.1, 0.15) is 0 Å². The summed E-state index contributed by atoms with van der Waals surface area (Å²) in [4.78, 5) is 9.61. The van der Waals surface area contributed by atoms with Crippen LogP contribution in [0.3, 0.4) is 0 Å². The number of guanidine groups is 1. The maximum atomic E-state index is 4.45. The average molecular weight is 338 g/mol. The van der Waals surface area contributed by atoms with Crippen molar-refractivity contribution < 1.29 is 0 Å². The summed E-state index contributed by atoms with van der Waals surface area (Å²) in [6, 6.07) is 1.67. The Labute approximate surface area is 149 Å². The van der Waals surface area contributed by atoms with E-state index in [9.17, 15) is 0 Å².